The number of nitrogens with zero attached hydrogens (tertiary/aromatic N) is 2. The second kappa shape index (κ2) is 7.25. The first kappa shape index (κ1) is 18.7. The molecular formula is C18H22F3N3O2. The van der Waals surface area contributed by atoms with Crippen molar-refractivity contribution in [1.82, 2.24) is 15.2 Å². The monoisotopic (exact) mass is 369 g/mol. The maximum atomic E-state index is 13.5. The van der Waals surface area contributed by atoms with E-state index in [1.54, 1.807) is 4.90 Å². The maximum Gasteiger partial charge on any atom is 0.416 e. The summed E-state index contributed by atoms with van der Waals surface area (Å²) in [6.07, 6.45) is 0.750. The standard InChI is InChI=1S/C18H22F3N3O2/c1-11(25)22-9-13-10-23-15(8-14(13)18(19,20)21)16-6-3-7-24(16)17(26)12-4-2-5-12/h8,10,12,16H,2-7,9H2,1H3,(H,22,25). The number of amides is 2. The Morgan fingerprint density at radius 3 is 2.58 bits per heavy atom. The van der Waals surface area contributed by atoms with Gasteiger partial charge in [0.2, 0.25) is 11.8 Å². The number of aromatic nitrogens is 1. The molecule has 1 aliphatic heterocycles. The van der Waals surface area contributed by atoms with Crippen LogP contribution in [0.3, 0.4) is 0 Å². The minimum atomic E-state index is -4.55. The van der Waals surface area contributed by atoms with Gasteiger partial charge in [-0.25, -0.2) is 0 Å². The number of nitrogens with one attached hydrogen (secondary N) is 1. The van der Waals surface area contributed by atoms with Crippen molar-refractivity contribution in [3.63, 3.8) is 0 Å². The molecule has 2 aliphatic rings. The van der Waals surface area contributed by atoms with Gasteiger partial charge >= 0.3 is 6.18 Å². The van der Waals surface area contributed by atoms with Crippen LogP contribution in [-0.2, 0) is 22.3 Å². The zero-order valence-electron chi connectivity index (χ0n) is 14.6. The van der Waals surface area contributed by atoms with Crippen LogP contribution in [0, 0.1) is 5.92 Å². The Balaban J connectivity index is 1.87. The molecule has 1 saturated carbocycles. The normalized spacial score (nSPS) is 20.8. The van der Waals surface area contributed by atoms with Crippen LogP contribution in [0.15, 0.2) is 12.3 Å². The number of rotatable bonds is 4. The lowest BCUT2D eigenvalue weighted by Crippen LogP contribution is -2.38. The van der Waals surface area contributed by atoms with E-state index in [0.717, 1.165) is 31.7 Å². The molecule has 1 saturated heterocycles. The number of pyridine rings is 1. The fraction of sp³-hybridized carbons (Fsp3) is 0.611. The molecule has 5 nitrogen and oxygen atoms in total. The van der Waals surface area contributed by atoms with E-state index in [2.05, 4.69) is 10.3 Å². The summed E-state index contributed by atoms with van der Waals surface area (Å²) in [6.45, 7) is 1.58. The van der Waals surface area contributed by atoms with Gasteiger partial charge in [0.25, 0.3) is 0 Å². The summed E-state index contributed by atoms with van der Waals surface area (Å²) >= 11 is 0. The molecule has 1 unspecified atom stereocenters. The van der Waals surface area contributed by atoms with Gasteiger partial charge in [-0.1, -0.05) is 6.42 Å². The molecule has 2 fully saturated rings. The first-order chi connectivity index (χ1) is 12.3. The number of halogens is 3. The van der Waals surface area contributed by atoms with E-state index in [1.165, 1.54) is 13.1 Å². The summed E-state index contributed by atoms with van der Waals surface area (Å²) in [6, 6.07) is 0.632. The van der Waals surface area contributed by atoms with E-state index in [9.17, 15) is 22.8 Å². The molecule has 26 heavy (non-hydrogen) atoms. The molecule has 3 rings (SSSR count). The Hall–Kier alpha value is -2.12. The Bertz CT molecular complexity index is 701. The second-order valence-electron chi connectivity index (χ2n) is 6.99. The minimum absolute atomic E-state index is 0.0109. The van der Waals surface area contributed by atoms with Crippen molar-refractivity contribution in [2.75, 3.05) is 6.54 Å². The van der Waals surface area contributed by atoms with Gasteiger partial charge in [0.05, 0.1) is 17.3 Å². The lowest BCUT2D eigenvalue weighted by Gasteiger charge is -2.32. The molecule has 1 aliphatic carbocycles. The van der Waals surface area contributed by atoms with E-state index in [-0.39, 0.29) is 29.6 Å². The van der Waals surface area contributed by atoms with Crippen LogP contribution in [0.5, 0.6) is 0 Å². The first-order valence-electron chi connectivity index (χ1n) is 8.88. The molecule has 8 heteroatoms. The van der Waals surface area contributed by atoms with Crippen LogP contribution in [0.25, 0.3) is 0 Å². The van der Waals surface area contributed by atoms with Crippen molar-refractivity contribution in [2.24, 2.45) is 5.92 Å². The lowest BCUT2D eigenvalue weighted by atomic mass is 9.84. The third kappa shape index (κ3) is 3.83. The van der Waals surface area contributed by atoms with Crippen molar-refractivity contribution in [2.45, 2.75) is 57.8 Å². The van der Waals surface area contributed by atoms with Gasteiger partial charge in [0.15, 0.2) is 0 Å². The van der Waals surface area contributed by atoms with E-state index >= 15 is 0 Å². The smallest absolute Gasteiger partial charge is 0.352 e. The van der Waals surface area contributed by atoms with E-state index in [4.69, 9.17) is 0 Å². The summed E-state index contributed by atoms with van der Waals surface area (Å²) in [5, 5.41) is 2.38. The third-order valence-electron chi connectivity index (χ3n) is 5.17. The summed E-state index contributed by atoms with van der Waals surface area (Å²) in [5.74, 6) is -0.358. The van der Waals surface area contributed by atoms with Gasteiger partial charge < -0.3 is 10.2 Å². The fourth-order valence-corrected chi connectivity index (χ4v) is 3.53. The molecule has 0 radical (unpaired) electrons. The highest BCUT2D eigenvalue weighted by Crippen LogP contribution is 2.39. The van der Waals surface area contributed by atoms with Crippen LogP contribution in [0.2, 0.25) is 0 Å². The Labute approximate surface area is 150 Å². The second-order valence-corrected chi connectivity index (χ2v) is 6.99. The van der Waals surface area contributed by atoms with Gasteiger partial charge in [0, 0.05) is 37.7 Å². The molecule has 0 spiro atoms. The van der Waals surface area contributed by atoms with Gasteiger partial charge in [-0.05, 0) is 31.7 Å². The SMILES string of the molecule is CC(=O)NCc1cnc(C2CCCN2C(=O)C2CCC2)cc1C(F)(F)F. The lowest BCUT2D eigenvalue weighted by molar-refractivity contribution is -0.139. The predicted molar refractivity (Wildman–Crippen MR) is 87.8 cm³/mol. The molecule has 1 aromatic heterocycles. The highest BCUT2D eigenvalue weighted by atomic mass is 19.4. The predicted octanol–water partition coefficient (Wildman–Crippen LogP) is 3.20. The Morgan fingerprint density at radius 2 is 2.00 bits per heavy atom. The number of likely N-dealkylation sites (tertiary alicyclic amines) is 1. The van der Waals surface area contributed by atoms with Gasteiger partial charge in [-0.3, -0.25) is 14.6 Å². The summed E-state index contributed by atoms with van der Waals surface area (Å²) in [4.78, 5) is 29.5. The Morgan fingerprint density at radius 1 is 1.27 bits per heavy atom. The minimum Gasteiger partial charge on any atom is -0.352 e. The average Bonchev–Trinajstić information content (AvgIpc) is 2.99. The third-order valence-corrected chi connectivity index (χ3v) is 5.17. The molecule has 0 bridgehead atoms. The highest BCUT2D eigenvalue weighted by molar-refractivity contribution is 5.80. The van der Waals surface area contributed by atoms with Crippen LogP contribution in [0.4, 0.5) is 13.2 Å². The van der Waals surface area contributed by atoms with Gasteiger partial charge in [0.1, 0.15) is 0 Å². The van der Waals surface area contributed by atoms with Crippen LogP contribution in [-0.4, -0.2) is 28.2 Å². The van der Waals surface area contributed by atoms with Gasteiger partial charge in [-0.15, -0.1) is 0 Å². The van der Waals surface area contributed by atoms with E-state index < -0.39 is 23.7 Å². The van der Waals surface area contributed by atoms with Crippen LogP contribution < -0.4 is 5.32 Å². The van der Waals surface area contributed by atoms with Crippen molar-refractivity contribution in [3.8, 4) is 0 Å². The molecule has 1 aromatic rings. The topological polar surface area (TPSA) is 62.3 Å². The molecule has 142 valence electrons. The van der Waals surface area contributed by atoms with Crippen LogP contribution >= 0.6 is 0 Å². The van der Waals surface area contributed by atoms with Crippen LogP contribution in [0.1, 0.15) is 61.9 Å². The Kier molecular flexibility index (Phi) is 5.20. The number of carbonyl (C=O) groups is 2. The summed E-state index contributed by atoms with van der Waals surface area (Å²) in [7, 11) is 0. The zero-order chi connectivity index (χ0) is 18.9. The van der Waals surface area contributed by atoms with Crippen molar-refractivity contribution >= 4 is 11.8 Å². The quantitative estimate of drug-likeness (QED) is 0.887. The number of carbonyl (C=O) groups excluding carboxylic acids is 2. The number of hydrogen-bond donors (Lipinski definition) is 1. The first-order valence-corrected chi connectivity index (χ1v) is 8.88. The molecular weight excluding hydrogens is 347 g/mol. The number of alkyl halides is 3. The molecule has 2 amide bonds. The van der Waals surface area contributed by atoms with Crippen molar-refractivity contribution in [3.05, 3.63) is 29.1 Å². The summed E-state index contributed by atoms with van der Waals surface area (Å²) < 4.78 is 40.4. The number of hydrogen-bond acceptors (Lipinski definition) is 3. The highest BCUT2D eigenvalue weighted by Gasteiger charge is 2.39. The molecule has 1 atom stereocenters. The zero-order valence-corrected chi connectivity index (χ0v) is 14.6. The molecule has 1 N–H and O–H groups in total. The van der Waals surface area contributed by atoms with Crippen molar-refractivity contribution < 1.29 is 22.8 Å². The van der Waals surface area contributed by atoms with Crippen molar-refractivity contribution in [1.29, 1.82) is 0 Å². The molecule has 2 heterocycles. The fourth-order valence-electron chi connectivity index (χ4n) is 3.53. The average molecular weight is 369 g/mol. The van der Waals surface area contributed by atoms with E-state index in [1.807, 2.05) is 0 Å². The maximum absolute atomic E-state index is 13.5. The molecule has 0 aromatic carbocycles. The van der Waals surface area contributed by atoms with E-state index in [0.29, 0.717) is 13.0 Å². The summed E-state index contributed by atoms with van der Waals surface area (Å²) in [5.41, 5.74) is -0.611. The largest absolute Gasteiger partial charge is 0.416 e. The van der Waals surface area contributed by atoms with Gasteiger partial charge in [-0.2, -0.15) is 13.2 Å².